The number of nitrogen functional groups attached to an aromatic ring is 1. The molecule has 0 spiro atoms. The molecule has 2 atom stereocenters. The van der Waals surface area contributed by atoms with Crippen molar-refractivity contribution in [2.75, 3.05) is 18.1 Å². The maximum atomic E-state index is 11.7. The second kappa shape index (κ2) is 9.22. The number of hydrogen-bond acceptors (Lipinski definition) is 10. The van der Waals surface area contributed by atoms with E-state index in [0.717, 1.165) is 6.21 Å². The Morgan fingerprint density at radius 3 is 3.04 bits per heavy atom. The van der Waals surface area contributed by atoms with Crippen LogP contribution in [0.5, 0.6) is 0 Å². The normalized spacial score (nSPS) is 19.2. The molecule has 136 valence electrons. The molecule has 1 aromatic heterocycles. The van der Waals surface area contributed by atoms with Crippen molar-refractivity contribution in [1.29, 1.82) is 0 Å². The number of hydrogen-bond donors (Lipinski definition) is 3. The summed E-state index contributed by atoms with van der Waals surface area (Å²) in [6.45, 7) is 1.66. The number of β-lactam (4-membered cyclic amide) rings is 1. The van der Waals surface area contributed by atoms with Crippen LogP contribution in [0.25, 0.3) is 0 Å². The van der Waals surface area contributed by atoms with Crippen LogP contribution in [0.15, 0.2) is 10.5 Å². The van der Waals surface area contributed by atoms with Crippen molar-refractivity contribution in [3.63, 3.8) is 0 Å². The van der Waals surface area contributed by atoms with Crippen LogP contribution in [0.3, 0.4) is 0 Å². The number of ether oxygens (including phenoxy) is 1. The van der Waals surface area contributed by atoms with Gasteiger partial charge in [0.25, 0.3) is 5.91 Å². The van der Waals surface area contributed by atoms with Crippen LogP contribution in [0, 0.1) is 0 Å². The van der Waals surface area contributed by atoms with Gasteiger partial charge in [-0.15, -0.1) is 23.1 Å². The monoisotopic (exact) mass is 387 g/mol. The second-order valence-electron chi connectivity index (χ2n) is 4.81. The number of nitrogens with one attached hydrogen (secondary N) is 2. The molecule has 1 saturated heterocycles. The number of carbonyl (C=O) groups excluding carboxylic acids is 3. The second-order valence-corrected chi connectivity index (χ2v) is 6.95. The quantitative estimate of drug-likeness (QED) is 0.168. The van der Waals surface area contributed by atoms with Gasteiger partial charge in [-0.25, -0.2) is 4.98 Å². The first-order chi connectivity index (χ1) is 12.0. The molecule has 0 unspecified atom stereocenters. The molecule has 2 amide bonds. The van der Waals surface area contributed by atoms with Crippen LogP contribution in [0.2, 0.25) is 0 Å². The number of rotatable bonds is 9. The number of amides is 2. The number of esters is 1. The Morgan fingerprint density at radius 1 is 1.60 bits per heavy atom. The summed E-state index contributed by atoms with van der Waals surface area (Å²) in [5.74, 6) is -0.696. The maximum absolute atomic E-state index is 11.7. The minimum atomic E-state index is -0.667. The largest absolute Gasteiger partial charge is 0.465 e. The number of nitrogens with zero attached hydrogens (tertiary/aromatic N) is 2. The topological polar surface area (TPSA) is 145 Å². The average molecular weight is 387 g/mol. The number of thiazole rings is 1. The number of oxime groups is 1. The fourth-order valence-corrected chi connectivity index (χ4v) is 3.33. The molecule has 10 nitrogen and oxygen atoms in total. The molecule has 1 aromatic rings. The van der Waals surface area contributed by atoms with Crippen molar-refractivity contribution >= 4 is 52.2 Å². The molecular formula is C13H17N5O5S2. The van der Waals surface area contributed by atoms with E-state index in [1.165, 1.54) is 30.0 Å². The highest BCUT2D eigenvalue weighted by Crippen LogP contribution is 2.19. The summed E-state index contributed by atoms with van der Waals surface area (Å²) in [6.07, 6.45) is 0.946. The molecule has 2 rings (SSSR count). The molecule has 0 aliphatic carbocycles. The maximum Gasteiger partial charge on any atom is 0.302 e. The summed E-state index contributed by atoms with van der Waals surface area (Å²) >= 11 is 2.65. The lowest BCUT2D eigenvalue weighted by Gasteiger charge is -2.36. The zero-order chi connectivity index (χ0) is 18.2. The fraction of sp³-hybridized carbons (Fsp3) is 0.462. The minimum absolute atomic E-state index is 0.0933. The Balaban J connectivity index is 1.66. The number of carbonyl (C=O) groups is 3. The van der Waals surface area contributed by atoms with E-state index < -0.39 is 11.9 Å². The molecule has 25 heavy (non-hydrogen) atoms. The SMILES string of the molecule is CC(=O)OCCS[C@H]1NC(=O)[C@H]1NC(=O)C=NOCc1csc(N)n1. The predicted octanol–water partition coefficient (Wildman–Crippen LogP) is -0.535. The number of thioether (sulfide) groups is 1. The first-order valence-electron chi connectivity index (χ1n) is 7.16. The van der Waals surface area contributed by atoms with Gasteiger partial charge in [0.15, 0.2) is 11.7 Å². The summed E-state index contributed by atoms with van der Waals surface area (Å²) < 4.78 is 4.80. The zero-order valence-corrected chi connectivity index (χ0v) is 14.9. The average Bonchev–Trinajstić information content (AvgIpc) is 2.97. The van der Waals surface area contributed by atoms with Crippen molar-refractivity contribution in [2.24, 2.45) is 5.16 Å². The highest BCUT2D eigenvalue weighted by molar-refractivity contribution is 8.00. The van der Waals surface area contributed by atoms with Crippen molar-refractivity contribution in [3.8, 4) is 0 Å². The first-order valence-corrected chi connectivity index (χ1v) is 9.09. The third-order valence-electron chi connectivity index (χ3n) is 2.88. The predicted molar refractivity (Wildman–Crippen MR) is 92.8 cm³/mol. The van der Waals surface area contributed by atoms with Gasteiger partial charge in [0.05, 0.1) is 5.69 Å². The molecule has 1 aliphatic heterocycles. The van der Waals surface area contributed by atoms with Gasteiger partial charge >= 0.3 is 5.97 Å². The Kier molecular flexibility index (Phi) is 7.01. The zero-order valence-electron chi connectivity index (χ0n) is 13.3. The van der Waals surface area contributed by atoms with Gasteiger partial charge < -0.3 is 25.9 Å². The fourth-order valence-electron chi connectivity index (χ4n) is 1.76. The van der Waals surface area contributed by atoms with Gasteiger partial charge in [0.1, 0.15) is 24.2 Å². The Morgan fingerprint density at radius 2 is 2.40 bits per heavy atom. The number of nitrogens with two attached hydrogens (primary N) is 1. The van der Waals surface area contributed by atoms with E-state index in [1.54, 1.807) is 5.38 Å². The lowest BCUT2D eigenvalue weighted by atomic mass is 10.1. The lowest BCUT2D eigenvalue weighted by Crippen LogP contribution is -2.68. The van der Waals surface area contributed by atoms with Gasteiger partial charge in [-0.2, -0.15) is 0 Å². The standard InChI is InChI=1S/C13H17N5O5S2/c1-7(19)22-2-3-24-12-10(11(21)18-12)17-9(20)4-15-23-5-8-6-25-13(14)16-8/h4,6,10,12H,2-3,5H2,1H3,(H2,14,16)(H,17,20)(H,18,21)/t10-,12-/m1/s1. The first kappa shape index (κ1) is 19.0. The van der Waals surface area contributed by atoms with E-state index in [-0.39, 0.29) is 30.5 Å². The summed E-state index contributed by atoms with van der Waals surface area (Å²) in [6, 6.07) is -0.667. The van der Waals surface area contributed by atoms with Crippen LogP contribution < -0.4 is 16.4 Å². The Hall–Kier alpha value is -2.34. The summed E-state index contributed by atoms with van der Waals surface area (Å²) in [4.78, 5) is 42.8. The molecular weight excluding hydrogens is 370 g/mol. The van der Waals surface area contributed by atoms with Gasteiger partial charge in [-0.05, 0) is 0 Å². The molecule has 0 bridgehead atoms. The van der Waals surface area contributed by atoms with Gasteiger partial charge in [0.2, 0.25) is 5.91 Å². The molecule has 0 aromatic carbocycles. The van der Waals surface area contributed by atoms with Crippen molar-refractivity contribution in [2.45, 2.75) is 24.9 Å². The summed E-state index contributed by atoms with van der Waals surface area (Å²) in [5, 5.41) is 10.6. The van der Waals surface area contributed by atoms with Crippen molar-refractivity contribution in [3.05, 3.63) is 11.1 Å². The van der Waals surface area contributed by atoms with E-state index in [2.05, 4.69) is 20.8 Å². The smallest absolute Gasteiger partial charge is 0.302 e. The third-order valence-corrected chi connectivity index (χ3v) is 4.75. The van der Waals surface area contributed by atoms with E-state index in [1.807, 2.05) is 0 Å². The third kappa shape index (κ3) is 6.23. The van der Waals surface area contributed by atoms with Crippen LogP contribution >= 0.6 is 23.1 Å². The molecule has 12 heteroatoms. The molecule has 4 N–H and O–H groups in total. The van der Waals surface area contributed by atoms with Gasteiger partial charge in [0, 0.05) is 18.1 Å². The van der Waals surface area contributed by atoms with E-state index >= 15 is 0 Å². The molecule has 1 fully saturated rings. The van der Waals surface area contributed by atoms with Crippen LogP contribution in [0.1, 0.15) is 12.6 Å². The van der Waals surface area contributed by atoms with Crippen molar-refractivity contribution < 1.29 is 24.0 Å². The van der Waals surface area contributed by atoms with Crippen LogP contribution in [-0.4, -0.2) is 52.8 Å². The highest BCUT2D eigenvalue weighted by Gasteiger charge is 2.40. The van der Waals surface area contributed by atoms with Gasteiger partial charge in [-0.3, -0.25) is 14.4 Å². The van der Waals surface area contributed by atoms with E-state index in [9.17, 15) is 14.4 Å². The lowest BCUT2D eigenvalue weighted by molar-refractivity contribution is -0.140. The molecule has 0 radical (unpaired) electrons. The number of aromatic nitrogens is 1. The minimum Gasteiger partial charge on any atom is -0.465 e. The van der Waals surface area contributed by atoms with Crippen LogP contribution in [0.4, 0.5) is 5.13 Å². The number of anilines is 1. The Bertz CT molecular complexity index is 665. The summed E-state index contributed by atoms with van der Waals surface area (Å²) in [5.41, 5.74) is 6.09. The van der Waals surface area contributed by atoms with Crippen molar-refractivity contribution in [1.82, 2.24) is 15.6 Å². The van der Waals surface area contributed by atoms with E-state index in [0.29, 0.717) is 16.6 Å². The molecule has 0 saturated carbocycles. The molecule has 1 aliphatic rings. The van der Waals surface area contributed by atoms with Crippen LogP contribution in [-0.2, 0) is 30.6 Å². The summed E-state index contributed by atoms with van der Waals surface area (Å²) in [7, 11) is 0. The van der Waals surface area contributed by atoms with Gasteiger partial charge in [-0.1, -0.05) is 5.16 Å². The highest BCUT2D eigenvalue weighted by atomic mass is 32.2. The van der Waals surface area contributed by atoms with E-state index in [4.69, 9.17) is 15.3 Å². The Labute approximate surface area is 151 Å². The molecule has 2 heterocycles.